The number of methoxy groups -OCH3 is 1. The largest absolute Gasteiger partial charge is 0.496 e. The van der Waals surface area contributed by atoms with Gasteiger partial charge < -0.3 is 20.3 Å². The molecule has 1 heterocycles. The highest BCUT2D eigenvalue weighted by Crippen LogP contribution is 2.61. The number of para-hydroxylation sites is 1. The van der Waals surface area contributed by atoms with Crippen LogP contribution in [0.4, 0.5) is 0 Å². The van der Waals surface area contributed by atoms with Crippen molar-refractivity contribution in [3.63, 3.8) is 0 Å². The maximum absolute atomic E-state index is 14.1. The molecule has 3 saturated carbocycles. The minimum atomic E-state index is -0.842. The quantitative estimate of drug-likeness (QED) is 0.368. The first kappa shape index (κ1) is 32.0. The van der Waals surface area contributed by atoms with Gasteiger partial charge in [-0.2, -0.15) is 5.06 Å². The Morgan fingerprint density at radius 2 is 1.93 bits per heavy atom. The van der Waals surface area contributed by atoms with Crippen molar-refractivity contribution in [2.75, 3.05) is 13.7 Å². The fourth-order valence-electron chi connectivity index (χ4n) is 8.20. The van der Waals surface area contributed by atoms with Crippen LogP contribution in [0.2, 0.25) is 0 Å². The second-order valence-corrected chi connectivity index (χ2v) is 15.1. The number of benzene rings is 2. The second-order valence-electron chi connectivity index (χ2n) is 15.1. The van der Waals surface area contributed by atoms with Crippen molar-refractivity contribution in [3.8, 4) is 16.9 Å². The Hall–Kier alpha value is -2.45. The van der Waals surface area contributed by atoms with Crippen molar-refractivity contribution in [2.45, 2.75) is 104 Å². The summed E-state index contributed by atoms with van der Waals surface area (Å²) in [5.41, 5.74) is 5.66. The predicted molar refractivity (Wildman–Crippen MR) is 169 cm³/mol. The fourth-order valence-corrected chi connectivity index (χ4v) is 8.20. The molecule has 4 fully saturated rings. The summed E-state index contributed by atoms with van der Waals surface area (Å²) in [5.74, 6) is 1.58. The topological polar surface area (TPSA) is 91.3 Å². The van der Waals surface area contributed by atoms with Crippen LogP contribution in [0, 0.1) is 36.0 Å². The van der Waals surface area contributed by atoms with Gasteiger partial charge in [0.05, 0.1) is 26.4 Å². The number of nitrogens with zero attached hydrogens (tertiary/aromatic N) is 1. The highest BCUT2D eigenvalue weighted by molar-refractivity contribution is 5.83. The summed E-state index contributed by atoms with van der Waals surface area (Å²) in [5, 5.41) is 26.1. The predicted octanol–water partition coefficient (Wildman–Crippen LogP) is 5.63. The maximum atomic E-state index is 14.1. The highest BCUT2D eigenvalue weighted by Gasteiger charge is 2.57. The lowest BCUT2D eigenvalue weighted by molar-refractivity contribution is -0.183. The first-order chi connectivity index (χ1) is 20.2. The molecule has 1 amide bonds. The zero-order chi connectivity index (χ0) is 31.4. The standard InChI is InChI=1S/C36H52N2O5/c1-20-13-24(15-25(14-20)35(4,5)6)27-12-10-11-23(33(27)42-9)18-38-32(31(22(3)40)30(19-39)43-38)34(41)37-29-17-26-16-28(21(29)2)36(26,7)8/h10-15,21-22,26,28-32,39-40H,16-19H2,1-9H3,(H,37,41)/t21-,22-,26+,28+,29-,30-,31+,32-/m0/s1. The summed E-state index contributed by atoms with van der Waals surface area (Å²) >= 11 is 0. The van der Waals surface area contributed by atoms with Crippen LogP contribution in [0.3, 0.4) is 0 Å². The lowest BCUT2D eigenvalue weighted by Crippen LogP contribution is -2.62. The first-order valence-corrected chi connectivity index (χ1v) is 16.0. The molecule has 2 aromatic rings. The van der Waals surface area contributed by atoms with Gasteiger partial charge in [0.15, 0.2) is 0 Å². The molecule has 4 aliphatic rings. The van der Waals surface area contributed by atoms with E-state index in [4.69, 9.17) is 9.57 Å². The average Bonchev–Trinajstić information content (AvgIpc) is 3.31. The van der Waals surface area contributed by atoms with Gasteiger partial charge in [0.25, 0.3) is 0 Å². The molecule has 1 aliphatic heterocycles. The normalized spacial score (nSPS) is 30.9. The lowest BCUT2D eigenvalue weighted by atomic mass is 9.45. The fraction of sp³-hybridized carbons (Fsp3) is 0.639. The molecule has 3 N–H and O–H groups in total. The Morgan fingerprint density at radius 3 is 2.51 bits per heavy atom. The Bertz CT molecular complexity index is 1330. The third kappa shape index (κ3) is 5.86. The number of aliphatic hydroxyl groups is 2. The van der Waals surface area contributed by atoms with Gasteiger partial charge >= 0.3 is 0 Å². The monoisotopic (exact) mass is 592 g/mol. The number of rotatable bonds is 8. The number of hydrogen-bond donors (Lipinski definition) is 3. The molecule has 3 aliphatic carbocycles. The zero-order valence-electron chi connectivity index (χ0n) is 27.5. The molecule has 0 aromatic heterocycles. The number of nitrogens with one attached hydrogen (secondary N) is 1. The van der Waals surface area contributed by atoms with Gasteiger partial charge in [0, 0.05) is 23.1 Å². The molecule has 236 valence electrons. The van der Waals surface area contributed by atoms with Crippen molar-refractivity contribution in [2.24, 2.45) is 29.1 Å². The summed E-state index contributed by atoms with van der Waals surface area (Å²) < 4.78 is 6.02. The van der Waals surface area contributed by atoms with Gasteiger partial charge in [-0.3, -0.25) is 9.63 Å². The summed E-state index contributed by atoms with van der Waals surface area (Å²) in [6.45, 7) is 17.4. The van der Waals surface area contributed by atoms with Crippen LogP contribution < -0.4 is 10.1 Å². The Balaban J connectivity index is 1.45. The third-order valence-electron chi connectivity index (χ3n) is 10.9. The van der Waals surface area contributed by atoms with Gasteiger partial charge in [-0.1, -0.05) is 83.5 Å². The van der Waals surface area contributed by atoms with Gasteiger partial charge in [0.2, 0.25) is 5.91 Å². The number of carbonyl (C=O) groups excluding carboxylic acids is 1. The van der Waals surface area contributed by atoms with E-state index in [1.165, 1.54) is 17.5 Å². The summed E-state index contributed by atoms with van der Waals surface area (Å²) in [7, 11) is 1.67. The van der Waals surface area contributed by atoms with Gasteiger partial charge in [-0.05, 0) is 66.4 Å². The minimum Gasteiger partial charge on any atom is -0.496 e. The van der Waals surface area contributed by atoms with Crippen LogP contribution in [0.5, 0.6) is 5.75 Å². The average molecular weight is 593 g/mol. The van der Waals surface area contributed by atoms with E-state index in [2.05, 4.69) is 78.0 Å². The Kier molecular flexibility index (Phi) is 8.78. The molecule has 0 unspecified atom stereocenters. The van der Waals surface area contributed by atoms with E-state index in [0.29, 0.717) is 23.2 Å². The number of fused-ring (bicyclic) bond motifs is 2. The summed E-state index contributed by atoms with van der Waals surface area (Å²) in [6.07, 6.45) is 0.670. The number of amides is 1. The molecule has 0 spiro atoms. The highest BCUT2D eigenvalue weighted by atomic mass is 16.7. The molecule has 0 radical (unpaired) electrons. The molecule has 6 rings (SSSR count). The molecule has 7 heteroatoms. The van der Waals surface area contributed by atoms with Crippen LogP contribution in [0.1, 0.15) is 78.0 Å². The Morgan fingerprint density at radius 1 is 1.21 bits per heavy atom. The van der Waals surface area contributed by atoms with Gasteiger partial charge in [-0.15, -0.1) is 0 Å². The molecule has 2 aromatic carbocycles. The van der Waals surface area contributed by atoms with Crippen molar-refractivity contribution in [1.82, 2.24) is 10.4 Å². The Labute approximate surface area is 257 Å². The summed E-state index contributed by atoms with van der Waals surface area (Å²) in [6, 6.07) is 12.0. The van der Waals surface area contributed by atoms with Crippen LogP contribution in [-0.4, -0.2) is 59.2 Å². The van der Waals surface area contributed by atoms with Crippen molar-refractivity contribution in [1.29, 1.82) is 0 Å². The number of aryl methyl sites for hydroxylation is 1. The molecular weight excluding hydrogens is 540 g/mol. The van der Waals surface area contributed by atoms with Crippen molar-refractivity contribution >= 4 is 5.91 Å². The second kappa shape index (κ2) is 11.8. The molecule has 8 atom stereocenters. The molecule has 43 heavy (non-hydrogen) atoms. The maximum Gasteiger partial charge on any atom is 0.240 e. The number of ether oxygens (including phenoxy) is 1. The van der Waals surface area contributed by atoms with Crippen LogP contribution in [0.15, 0.2) is 36.4 Å². The van der Waals surface area contributed by atoms with E-state index in [1.54, 1.807) is 19.1 Å². The van der Waals surface area contributed by atoms with Crippen molar-refractivity contribution in [3.05, 3.63) is 53.1 Å². The van der Waals surface area contributed by atoms with Crippen LogP contribution in [-0.2, 0) is 21.6 Å². The first-order valence-electron chi connectivity index (χ1n) is 16.0. The van der Waals surface area contributed by atoms with Gasteiger partial charge in [0.1, 0.15) is 17.9 Å². The van der Waals surface area contributed by atoms with E-state index in [1.807, 2.05) is 12.1 Å². The smallest absolute Gasteiger partial charge is 0.240 e. The van der Waals surface area contributed by atoms with E-state index < -0.39 is 24.2 Å². The number of carbonyl (C=O) groups is 1. The lowest BCUT2D eigenvalue weighted by Gasteiger charge is -2.62. The number of aliphatic hydroxyl groups excluding tert-OH is 2. The third-order valence-corrected chi connectivity index (χ3v) is 10.9. The van der Waals surface area contributed by atoms with Crippen molar-refractivity contribution < 1.29 is 24.6 Å². The van der Waals surface area contributed by atoms with Crippen LogP contribution in [0.25, 0.3) is 11.1 Å². The van der Waals surface area contributed by atoms with E-state index >= 15 is 0 Å². The zero-order valence-corrected chi connectivity index (χ0v) is 27.5. The molecule has 1 saturated heterocycles. The summed E-state index contributed by atoms with van der Waals surface area (Å²) in [4.78, 5) is 20.3. The SMILES string of the molecule is COc1c(CN2O[C@@H](CO)[C@@H]([C@H](C)O)[C@H]2C(=O)N[C@H]2C[C@H]3C[C@H]([C@@H]2C)C3(C)C)cccc1-c1cc(C)cc(C(C)(C)C)c1. The van der Waals surface area contributed by atoms with Crippen LogP contribution >= 0.6 is 0 Å². The van der Waals surface area contributed by atoms with Gasteiger partial charge in [-0.25, -0.2) is 0 Å². The molecule has 7 nitrogen and oxygen atoms in total. The molecule has 2 bridgehead atoms. The van der Waals surface area contributed by atoms with E-state index in [-0.39, 0.29) is 30.5 Å². The minimum absolute atomic E-state index is 0.00299. The number of hydroxylamine groups is 2. The van der Waals surface area contributed by atoms with E-state index in [0.717, 1.165) is 28.9 Å². The van der Waals surface area contributed by atoms with E-state index in [9.17, 15) is 15.0 Å². The number of hydrogen-bond acceptors (Lipinski definition) is 6. The molecular formula is C36H52N2O5.